The SMILES string of the molecule is FC(F)(F)c1cc(C(F)(F)F)c([Si])c(C(F)(F)F)c1. The summed E-state index contributed by atoms with van der Waals surface area (Å²) in [6.45, 7) is 0. The Kier molecular flexibility index (Phi) is 3.69. The maximum Gasteiger partial charge on any atom is 0.416 e. The Hall–Kier alpha value is -1.19. The lowest BCUT2D eigenvalue weighted by Gasteiger charge is -2.19. The van der Waals surface area contributed by atoms with Crippen molar-refractivity contribution in [1.82, 2.24) is 0 Å². The monoisotopic (exact) mass is 309 g/mol. The van der Waals surface area contributed by atoms with E-state index in [-0.39, 0.29) is 12.1 Å². The summed E-state index contributed by atoms with van der Waals surface area (Å²) in [7, 11) is 2.10. The molecule has 0 aromatic heterocycles. The molecule has 0 atom stereocenters. The molecule has 0 heterocycles. The van der Waals surface area contributed by atoms with Crippen LogP contribution in [0.25, 0.3) is 0 Å². The number of halogens is 9. The molecule has 0 aliphatic carbocycles. The Bertz CT molecular complexity index is 445. The molecule has 0 saturated heterocycles. The van der Waals surface area contributed by atoms with Crippen LogP contribution in [-0.2, 0) is 18.5 Å². The molecule has 10 heteroatoms. The van der Waals surface area contributed by atoms with E-state index in [4.69, 9.17) is 0 Å². The molecule has 0 aliphatic rings. The molecule has 105 valence electrons. The quantitative estimate of drug-likeness (QED) is 0.508. The van der Waals surface area contributed by atoms with Gasteiger partial charge in [-0.25, -0.2) is 0 Å². The second-order valence-corrected chi connectivity index (χ2v) is 3.94. The van der Waals surface area contributed by atoms with Gasteiger partial charge in [-0.05, 0) is 17.3 Å². The van der Waals surface area contributed by atoms with Gasteiger partial charge in [0.05, 0.1) is 26.9 Å². The Morgan fingerprint density at radius 2 is 0.947 bits per heavy atom. The highest BCUT2D eigenvalue weighted by molar-refractivity contribution is 6.34. The van der Waals surface area contributed by atoms with Crippen LogP contribution in [-0.4, -0.2) is 10.2 Å². The lowest BCUT2D eigenvalue weighted by Crippen LogP contribution is -2.29. The fraction of sp³-hybridized carbons (Fsp3) is 0.333. The van der Waals surface area contributed by atoms with Crippen molar-refractivity contribution in [2.75, 3.05) is 0 Å². The first kappa shape index (κ1) is 15.9. The molecule has 1 aromatic carbocycles. The number of benzene rings is 1. The smallest absolute Gasteiger partial charge is 0.166 e. The van der Waals surface area contributed by atoms with Crippen molar-refractivity contribution >= 4 is 15.4 Å². The fourth-order valence-corrected chi connectivity index (χ4v) is 1.68. The first-order chi connectivity index (χ1) is 8.24. The maximum absolute atomic E-state index is 12.4. The summed E-state index contributed by atoms with van der Waals surface area (Å²) in [5.41, 5.74) is -6.09. The Balaban J connectivity index is 3.68. The second-order valence-electron chi connectivity index (χ2n) is 3.44. The molecule has 0 amide bonds. The summed E-state index contributed by atoms with van der Waals surface area (Å²) in [4.78, 5) is 0. The standard InChI is InChI=1S/C9H2F9Si/c10-7(11,12)3-1-4(8(13,14)15)6(19)5(2-3)9(16,17)18/h1-2H. The molecule has 1 rings (SSSR count). The zero-order valence-electron chi connectivity index (χ0n) is 8.56. The van der Waals surface area contributed by atoms with Crippen LogP contribution >= 0.6 is 0 Å². The van der Waals surface area contributed by atoms with E-state index in [1.807, 2.05) is 0 Å². The lowest BCUT2D eigenvalue weighted by atomic mass is 10.0. The number of hydrogen-bond donors (Lipinski definition) is 0. The highest BCUT2D eigenvalue weighted by Crippen LogP contribution is 2.38. The van der Waals surface area contributed by atoms with Crippen molar-refractivity contribution in [2.24, 2.45) is 0 Å². The molecule has 1 aromatic rings. The Morgan fingerprint density at radius 3 is 1.16 bits per heavy atom. The molecule has 0 nitrogen and oxygen atoms in total. The minimum absolute atomic E-state index is 0.377. The third kappa shape index (κ3) is 3.42. The summed E-state index contributed by atoms with van der Waals surface area (Å²) in [6.07, 6.45) is -16.0. The van der Waals surface area contributed by atoms with Gasteiger partial charge < -0.3 is 0 Å². The van der Waals surface area contributed by atoms with Crippen LogP contribution < -0.4 is 5.19 Å². The van der Waals surface area contributed by atoms with Gasteiger partial charge in [-0.2, -0.15) is 39.5 Å². The maximum atomic E-state index is 12.4. The van der Waals surface area contributed by atoms with Crippen molar-refractivity contribution < 1.29 is 39.5 Å². The van der Waals surface area contributed by atoms with Gasteiger partial charge in [0, 0.05) is 0 Å². The van der Waals surface area contributed by atoms with E-state index in [2.05, 4.69) is 10.2 Å². The van der Waals surface area contributed by atoms with E-state index >= 15 is 0 Å². The van der Waals surface area contributed by atoms with Gasteiger partial charge in [-0.3, -0.25) is 0 Å². The van der Waals surface area contributed by atoms with Crippen molar-refractivity contribution in [3.63, 3.8) is 0 Å². The van der Waals surface area contributed by atoms with Crippen LogP contribution in [0.2, 0.25) is 0 Å². The van der Waals surface area contributed by atoms with Crippen LogP contribution in [0.3, 0.4) is 0 Å². The Labute approximate surface area is 103 Å². The average molecular weight is 309 g/mol. The first-order valence-electron chi connectivity index (χ1n) is 4.36. The lowest BCUT2D eigenvalue weighted by molar-refractivity contribution is -0.147. The summed E-state index contributed by atoms with van der Waals surface area (Å²) >= 11 is 0. The predicted molar refractivity (Wildman–Crippen MR) is 46.8 cm³/mol. The molecule has 0 fully saturated rings. The van der Waals surface area contributed by atoms with Crippen LogP contribution in [0, 0.1) is 0 Å². The molecule has 0 bridgehead atoms. The highest BCUT2D eigenvalue weighted by atomic mass is 28.1. The van der Waals surface area contributed by atoms with Crippen LogP contribution in [0.1, 0.15) is 16.7 Å². The number of rotatable bonds is 0. The van der Waals surface area contributed by atoms with Gasteiger partial charge in [0.1, 0.15) is 0 Å². The van der Waals surface area contributed by atoms with Gasteiger partial charge >= 0.3 is 18.5 Å². The van der Waals surface area contributed by atoms with E-state index in [9.17, 15) is 39.5 Å². The van der Waals surface area contributed by atoms with Crippen LogP contribution in [0.4, 0.5) is 39.5 Å². The molecule has 0 unspecified atom stereocenters. The molecule has 0 spiro atoms. The van der Waals surface area contributed by atoms with Gasteiger partial charge in [0.15, 0.2) is 0 Å². The Morgan fingerprint density at radius 1 is 0.632 bits per heavy atom. The van der Waals surface area contributed by atoms with E-state index in [1.54, 1.807) is 0 Å². The molecule has 19 heavy (non-hydrogen) atoms. The van der Waals surface area contributed by atoms with Gasteiger partial charge in [0.25, 0.3) is 0 Å². The zero-order chi connectivity index (χ0) is 15.2. The van der Waals surface area contributed by atoms with Crippen molar-refractivity contribution in [1.29, 1.82) is 0 Å². The zero-order valence-corrected chi connectivity index (χ0v) is 9.56. The van der Waals surface area contributed by atoms with Crippen molar-refractivity contribution in [2.45, 2.75) is 18.5 Å². The predicted octanol–water partition coefficient (Wildman–Crippen LogP) is 3.54. The van der Waals surface area contributed by atoms with E-state index < -0.39 is 40.4 Å². The third-order valence-corrected chi connectivity index (χ3v) is 2.62. The molecule has 3 radical (unpaired) electrons. The summed E-state index contributed by atoms with van der Waals surface area (Å²) in [5, 5.41) is -1.48. The topological polar surface area (TPSA) is 0 Å². The van der Waals surface area contributed by atoms with Crippen LogP contribution in [0.5, 0.6) is 0 Å². The van der Waals surface area contributed by atoms with Gasteiger partial charge in [0.2, 0.25) is 0 Å². The van der Waals surface area contributed by atoms with E-state index in [0.29, 0.717) is 0 Å². The normalized spacial score (nSPS) is 13.8. The van der Waals surface area contributed by atoms with Gasteiger partial charge in [-0.15, -0.1) is 0 Å². The van der Waals surface area contributed by atoms with Crippen LogP contribution in [0.15, 0.2) is 12.1 Å². The molecule has 0 saturated carbocycles. The van der Waals surface area contributed by atoms with E-state index in [1.165, 1.54) is 0 Å². The highest BCUT2D eigenvalue weighted by Gasteiger charge is 2.43. The largest absolute Gasteiger partial charge is 0.416 e. The molecule has 0 N–H and O–H groups in total. The average Bonchev–Trinajstić information content (AvgIpc) is 2.11. The van der Waals surface area contributed by atoms with Crippen molar-refractivity contribution in [3.8, 4) is 0 Å². The van der Waals surface area contributed by atoms with Crippen molar-refractivity contribution in [3.05, 3.63) is 28.8 Å². The molecule has 0 aliphatic heterocycles. The number of hydrogen-bond acceptors (Lipinski definition) is 0. The minimum Gasteiger partial charge on any atom is -0.166 e. The summed E-state index contributed by atoms with van der Waals surface area (Å²) in [5.74, 6) is 0. The summed E-state index contributed by atoms with van der Waals surface area (Å²) in [6, 6.07) is -0.755. The van der Waals surface area contributed by atoms with Gasteiger partial charge in [-0.1, -0.05) is 0 Å². The molecular weight excluding hydrogens is 307 g/mol. The first-order valence-corrected chi connectivity index (χ1v) is 4.86. The third-order valence-electron chi connectivity index (χ3n) is 2.08. The summed E-state index contributed by atoms with van der Waals surface area (Å²) < 4.78 is 111. The molecular formula is C9H2F9Si. The fourth-order valence-electron chi connectivity index (χ4n) is 1.25. The second kappa shape index (κ2) is 4.42. The number of alkyl halides is 9. The van der Waals surface area contributed by atoms with E-state index in [0.717, 1.165) is 0 Å². The minimum atomic E-state index is -5.35.